The van der Waals surface area contributed by atoms with E-state index in [4.69, 9.17) is 0 Å². The van der Waals surface area contributed by atoms with E-state index >= 15 is 0 Å². The summed E-state index contributed by atoms with van der Waals surface area (Å²) in [6, 6.07) is 13.9. The number of para-hydroxylation sites is 1. The predicted molar refractivity (Wildman–Crippen MR) is 79.1 cm³/mol. The number of aromatic nitrogens is 1. The van der Waals surface area contributed by atoms with E-state index in [1.54, 1.807) is 36.4 Å². The molecule has 104 valence electrons. The molecule has 1 aromatic heterocycles. The number of fused-ring (bicyclic) bond motifs is 1. The van der Waals surface area contributed by atoms with Gasteiger partial charge in [0.05, 0.1) is 11.5 Å². The van der Waals surface area contributed by atoms with Crippen molar-refractivity contribution in [2.75, 3.05) is 0 Å². The lowest BCUT2D eigenvalue weighted by molar-refractivity contribution is -0.254. The van der Waals surface area contributed by atoms with Crippen LogP contribution in [0.15, 0.2) is 53.3 Å². The lowest BCUT2D eigenvalue weighted by Gasteiger charge is -2.13. The van der Waals surface area contributed by atoms with Gasteiger partial charge in [0.1, 0.15) is 0 Å². The van der Waals surface area contributed by atoms with E-state index in [9.17, 15) is 14.7 Å². The Balaban J connectivity index is 2.44. The third-order valence-electron chi connectivity index (χ3n) is 3.47. The molecule has 0 fully saturated rings. The Morgan fingerprint density at radius 3 is 2.38 bits per heavy atom. The summed E-state index contributed by atoms with van der Waals surface area (Å²) < 4.78 is 0. The van der Waals surface area contributed by atoms with Crippen molar-refractivity contribution in [3.8, 4) is 11.1 Å². The van der Waals surface area contributed by atoms with Gasteiger partial charge in [-0.15, -0.1) is 0 Å². The van der Waals surface area contributed by atoms with Crippen molar-refractivity contribution in [3.05, 3.63) is 70.0 Å². The molecule has 0 spiro atoms. The first-order valence-electron chi connectivity index (χ1n) is 6.51. The fraction of sp³-hybridized carbons (Fsp3) is 0.0588. The summed E-state index contributed by atoms with van der Waals surface area (Å²) in [5, 5.41) is 12.0. The first-order chi connectivity index (χ1) is 10.1. The molecule has 4 nitrogen and oxygen atoms in total. The molecule has 1 heterocycles. The molecule has 0 aliphatic carbocycles. The van der Waals surface area contributed by atoms with Crippen molar-refractivity contribution in [2.24, 2.45) is 0 Å². The molecular formula is C17H12NO3-. The molecule has 21 heavy (non-hydrogen) atoms. The minimum Gasteiger partial charge on any atom is -0.545 e. The number of carboxylic acid groups (broad SMARTS) is 1. The van der Waals surface area contributed by atoms with E-state index in [1.807, 2.05) is 19.1 Å². The van der Waals surface area contributed by atoms with Crippen LogP contribution in [0.5, 0.6) is 0 Å². The lowest BCUT2D eigenvalue weighted by Crippen LogP contribution is -2.27. The van der Waals surface area contributed by atoms with E-state index in [-0.39, 0.29) is 11.1 Å². The summed E-state index contributed by atoms with van der Waals surface area (Å²) in [4.78, 5) is 26.6. The average molecular weight is 278 g/mol. The number of pyridine rings is 1. The van der Waals surface area contributed by atoms with Gasteiger partial charge in [-0.05, 0) is 18.6 Å². The zero-order chi connectivity index (χ0) is 15.0. The third kappa shape index (κ3) is 2.21. The topological polar surface area (TPSA) is 73.0 Å². The second kappa shape index (κ2) is 4.90. The van der Waals surface area contributed by atoms with Crippen LogP contribution in [0.2, 0.25) is 0 Å². The molecule has 4 heteroatoms. The number of aryl methyl sites for hydroxylation is 1. The summed E-state index contributed by atoms with van der Waals surface area (Å²) in [6.07, 6.45) is 0. The molecule has 0 aliphatic heterocycles. The molecule has 0 saturated heterocycles. The molecule has 0 bridgehead atoms. The zero-order valence-corrected chi connectivity index (χ0v) is 11.3. The quantitative estimate of drug-likeness (QED) is 0.777. The molecule has 0 aliphatic rings. The number of H-pyrrole nitrogens is 1. The Morgan fingerprint density at radius 2 is 1.71 bits per heavy atom. The molecule has 0 saturated carbocycles. The standard InChI is InChI=1S/C17H13NO3/c1-10-6-8-11(9-7-10)14-15(17(20)21)12-4-2-3-5-13(12)18-16(14)19/h2-9H,1H3,(H,18,19)(H,20,21)/p-1. The van der Waals surface area contributed by atoms with Gasteiger partial charge in [0.15, 0.2) is 0 Å². The number of rotatable bonds is 2. The number of nitrogens with one attached hydrogen (secondary N) is 1. The number of carbonyl (C=O) groups excluding carboxylic acids is 1. The van der Waals surface area contributed by atoms with Crippen LogP contribution in [0.4, 0.5) is 0 Å². The fourth-order valence-corrected chi connectivity index (χ4v) is 2.45. The van der Waals surface area contributed by atoms with Gasteiger partial charge >= 0.3 is 0 Å². The van der Waals surface area contributed by atoms with Crippen LogP contribution in [0, 0.1) is 6.92 Å². The van der Waals surface area contributed by atoms with Gasteiger partial charge in [-0.1, -0.05) is 48.0 Å². The first kappa shape index (κ1) is 13.1. The van der Waals surface area contributed by atoms with E-state index in [1.165, 1.54) is 0 Å². The third-order valence-corrected chi connectivity index (χ3v) is 3.47. The maximum absolute atomic E-state index is 12.3. The molecular weight excluding hydrogens is 266 g/mol. The Morgan fingerprint density at radius 1 is 1.05 bits per heavy atom. The van der Waals surface area contributed by atoms with Crippen molar-refractivity contribution < 1.29 is 9.90 Å². The number of benzene rings is 2. The molecule has 1 N–H and O–H groups in total. The molecule has 2 aromatic carbocycles. The van der Waals surface area contributed by atoms with Gasteiger partial charge in [-0.3, -0.25) is 4.79 Å². The fourth-order valence-electron chi connectivity index (χ4n) is 2.45. The van der Waals surface area contributed by atoms with Crippen LogP contribution in [0.25, 0.3) is 22.0 Å². The Kier molecular flexibility index (Phi) is 3.06. The Labute approximate surface area is 120 Å². The van der Waals surface area contributed by atoms with Crippen molar-refractivity contribution in [2.45, 2.75) is 6.92 Å². The Bertz CT molecular complexity index is 892. The van der Waals surface area contributed by atoms with Crippen molar-refractivity contribution in [1.82, 2.24) is 4.98 Å². The van der Waals surface area contributed by atoms with Crippen molar-refractivity contribution >= 4 is 16.9 Å². The zero-order valence-electron chi connectivity index (χ0n) is 11.3. The predicted octanol–water partition coefficient (Wildman–Crippen LogP) is 1.87. The molecule has 3 aromatic rings. The number of aromatic carboxylic acids is 1. The highest BCUT2D eigenvalue weighted by Crippen LogP contribution is 2.25. The van der Waals surface area contributed by atoms with Gasteiger partial charge in [-0.25, -0.2) is 0 Å². The van der Waals surface area contributed by atoms with E-state index in [0.717, 1.165) is 5.56 Å². The summed E-state index contributed by atoms with van der Waals surface area (Å²) in [5.41, 5.74) is 1.71. The smallest absolute Gasteiger partial charge is 0.256 e. The Hall–Kier alpha value is -2.88. The summed E-state index contributed by atoms with van der Waals surface area (Å²) in [7, 11) is 0. The van der Waals surface area contributed by atoms with Crippen LogP contribution >= 0.6 is 0 Å². The largest absolute Gasteiger partial charge is 0.545 e. The highest BCUT2D eigenvalue weighted by atomic mass is 16.4. The van der Waals surface area contributed by atoms with Crippen LogP contribution in [0.3, 0.4) is 0 Å². The van der Waals surface area contributed by atoms with Crippen molar-refractivity contribution in [1.29, 1.82) is 0 Å². The van der Waals surface area contributed by atoms with Crippen LogP contribution < -0.4 is 10.7 Å². The monoisotopic (exact) mass is 278 g/mol. The molecule has 0 atom stereocenters. The number of aromatic amines is 1. The molecule has 0 unspecified atom stereocenters. The van der Waals surface area contributed by atoms with Gasteiger partial charge < -0.3 is 14.9 Å². The van der Waals surface area contributed by atoms with Crippen LogP contribution in [0.1, 0.15) is 15.9 Å². The molecule has 3 rings (SSSR count). The number of hydrogen-bond donors (Lipinski definition) is 1. The van der Waals surface area contributed by atoms with E-state index in [0.29, 0.717) is 16.5 Å². The molecule has 0 amide bonds. The number of hydrogen-bond acceptors (Lipinski definition) is 3. The maximum Gasteiger partial charge on any atom is 0.256 e. The second-order valence-electron chi connectivity index (χ2n) is 4.90. The summed E-state index contributed by atoms with van der Waals surface area (Å²) in [5.74, 6) is -1.35. The molecule has 0 radical (unpaired) electrons. The summed E-state index contributed by atoms with van der Waals surface area (Å²) in [6.45, 7) is 1.92. The lowest BCUT2D eigenvalue weighted by atomic mass is 9.97. The summed E-state index contributed by atoms with van der Waals surface area (Å²) >= 11 is 0. The maximum atomic E-state index is 12.3. The first-order valence-corrected chi connectivity index (χ1v) is 6.51. The average Bonchev–Trinajstić information content (AvgIpc) is 2.46. The highest BCUT2D eigenvalue weighted by molar-refractivity contribution is 6.07. The highest BCUT2D eigenvalue weighted by Gasteiger charge is 2.15. The number of carbonyl (C=O) groups is 1. The van der Waals surface area contributed by atoms with E-state index < -0.39 is 11.5 Å². The van der Waals surface area contributed by atoms with Crippen LogP contribution in [-0.2, 0) is 0 Å². The SMILES string of the molecule is Cc1ccc(-c2c(C(=O)[O-])c3ccccc3[nH]c2=O)cc1. The minimum absolute atomic E-state index is 0.0711. The second-order valence-corrected chi connectivity index (χ2v) is 4.90. The van der Waals surface area contributed by atoms with Gasteiger partial charge in [0, 0.05) is 16.5 Å². The normalized spacial score (nSPS) is 10.7. The van der Waals surface area contributed by atoms with Crippen molar-refractivity contribution in [3.63, 3.8) is 0 Å². The van der Waals surface area contributed by atoms with Crippen LogP contribution in [-0.4, -0.2) is 11.0 Å². The van der Waals surface area contributed by atoms with E-state index in [2.05, 4.69) is 4.98 Å². The van der Waals surface area contributed by atoms with Gasteiger partial charge in [0.25, 0.3) is 5.56 Å². The van der Waals surface area contributed by atoms with Gasteiger partial charge in [0.2, 0.25) is 0 Å². The minimum atomic E-state index is -1.35. The number of carboxylic acids is 1. The van der Waals surface area contributed by atoms with Gasteiger partial charge in [-0.2, -0.15) is 0 Å².